The second kappa shape index (κ2) is 5.10. The lowest BCUT2D eigenvalue weighted by molar-refractivity contribution is 0.709. The van der Waals surface area contributed by atoms with Gasteiger partial charge in [0.05, 0.1) is 11.2 Å². The lowest BCUT2D eigenvalue weighted by atomic mass is 10.0. The summed E-state index contributed by atoms with van der Waals surface area (Å²) in [7, 11) is 0. The fourth-order valence-electron chi connectivity index (χ4n) is 2.96. The van der Waals surface area contributed by atoms with Crippen LogP contribution < -0.4 is 11.3 Å². The average molecular weight is 320 g/mol. The molecule has 3 N–H and O–H groups in total. The summed E-state index contributed by atoms with van der Waals surface area (Å²) in [5, 5.41) is 1.11. The summed E-state index contributed by atoms with van der Waals surface area (Å²) in [6.45, 7) is 2.10. The van der Waals surface area contributed by atoms with Gasteiger partial charge in [-0.2, -0.15) is 0 Å². The SMILES string of the molecule is Cc1ccc(Br)c2c(NN)c3c(nc12)CCCCC3. The maximum Gasteiger partial charge on any atom is 0.0767 e. The van der Waals surface area contributed by atoms with Gasteiger partial charge >= 0.3 is 0 Å². The van der Waals surface area contributed by atoms with E-state index in [0.717, 1.165) is 33.9 Å². The van der Waals surface area contributed by atoms with E-state index in [1.54, 1.807) is 0 Å². The Bertz CT molecular complexity index is 637. The summed E-state index contributed by atoms with van der Waals surface area (Å²) < 4.78 is 1.06. The zero-order valence-corrected chi connectivity index (χ0v) is 12.7. The third-order valence-corrected chi connectivity index (χ3v) is 4.62. The summed E-state index contributed by atoms with van der Waals surface area (Å²) in [6, 6.07) is 4.17. The Kier molecular flexibility index (Phi) is 3.46. The van der Waals surface area contributed by atoms with Crippen molar-refractivity contribution in [2.45, 2.75) is 39.0 Å². The minimum Gasteiger partial charge on any atom is -0.323 e. The van der Waals surface area contributed by atoms with Gasteiger partial charge in [0.1, 0.15) is 0 Å². The fourth-order valence-corrected chi connectivity index (χ4v) is 3.47. The van der Waals surface area contributed by atoms with Crippen LogP contribution in [0.25, 0.3) is 10.9 Å². The number of fused-ring (bicyclic) bond motifs is 2. The van der Waals surface area contributed by atoms with E-state index in [2.05, 4.69) is 40.4 Å². The van der Waals surface area contributed by atoms with Crippen LogP contribution in [0.15, 0.2) is 16.6 Å². The molecule has 0 amide bonds. The second-order valence-corrected chi connectivity index (χ2v) is 6.06. The third kappa shape index (κ3) is 2.13. The van der Waals surface area contributed by atoms with E-state index < -0.39 is 0 Å². The predicted octanol–water partition coefficient (Wildman–Crippen LogP) is 3.86. The molecule has 19 heavy (non-hydrogen) atoms. The van der Waals surface area contributed by atoms with Crippen LogP contribution in [-0.2, 0) is 12.8 Å². The summed E-state index contributed by atoms with van der Waals surface area (Å²) in [6.07, 6.45) is 5.85. The molecule has 1 heterocycles. The molecule has 3 rings (SSSR count). The number of hydrogen-bond acceptors (Lipinski definition) is 3. The molecular weight excluding hydrogens is 302 g/mol. The number of nitrogens with zero attached hydrogens (tertiary/aromatic N) is 1. The molecule has 1 aliphatic carbocycles. The van der Waals surface area contributed by atoms with Crippen molar-refractivity contribution in [1.82, 2.24) is 4.98 Å². The zero-order chi connectivity index (χ0) is 13.4. The van der Waals surface area contributed by atoms with Gasteiger partial charge in [-0.3, -0.25) is 10.8 Å². The van der Waals surface area contributed by atoms with E-state index in [1.807, 2.05) is 0 Å². The largest absolute Gasteiger partial charge is 0.323 e. The van der Waals surface area contributed by atoms with Crippen molar-refractivity contribution in [2.24, 2.45) is 5.84 Å². The number of benzene rings is 1. The molecule has 0 atom stereocenters. The summed E-state index contributed by atoms with van der Waals surface area (Å²) in [4.78, 5) is 4.92. The number of halogens is 1. The molecule has 1 aromatic heterocycles. The van der Waals surface area contributed by atoms with Crippen molar-refractivity contribution in [3.63, 3.8) is 0 Å². The molecule has 0 saturated heterocycles. The minimum absolute atomic E-state index is 1.05. The first-order chi connectivity index (χ1) is 9.22. The van der Waals surface area contributed by atoms with Gasteiger partial charge in [-0.15, -0.1) is 0 Å². The molecule has 0 unspecified atom stereocenters. The van der Waals surface area contributed by atoms with Crippen molar-refractivity contribution in [2.75, 3.05) is 5.43 Å². The lowest BCUT2D eigenvalue weighted by Gasteiger charge is -2.17. The van der Waals surface area contributed by atoms with Crippen LogP contribution in [0.5, 0.6) is 0 Å². The molecule has 0 bridgehead atoms. The van der Waals surface area contributed by atoms with Gasteiger partial charge in [0.2, 0.25) is 0 Å². The van der Waals surface area contributed by atoms with Crippen molar-refractivity contribution in [3.8, 4) is 0 Å². The van der Waals surface area contributed by atoms with E-state index in [9.17, 15) is 0 Å². The van der Waals surface area contributed by atoms with Gasteiger partial charge in [0.25, 0.3) is 0 Å². The normalized spacial score (nSPS) is 15.1. The number of hydrogen-bond donors (Lipinski definition) is 2. The highest BCUT2D eigenvalue weighted by Crippen LogP contribution is 2.37. The molecule has 0 spiro atoms. The summed E-state index contributed by atoms with van der Waals surface area (Å²) in [5.41, 5.74) is 8.76. The number of aromatic nitrogens is 1. The number of rotatable bonds is 1. The number of pyridine rings is 1. The minimum atomic E-state index is 1.05. The van der Waals surface area contributed by atoms with Crippen molar-refractivity contribution in [1.29, 1.82) is 0 Å². The van der Waals surface area contributed by atoms with Gasteiger partial charge in [-0.05, 0) is 49.8 Å². The standard InChI is InChI=1S/C15H18BrN3/c1-9-7-8-11(16)13-14(9)18-12-6-4-2-3-5-10(12)15(13)19-17/h7-8H,2-6,17H2,1H3,(H,18,19). The molecule has 0 saturated carbocycles. The molecular formula is C15H18BrN3. The average Bonchev–Trinajstić information content (AvgIpc) is 2.66. The Balaban J connectivity index is 2.39. The van der Waals surface area contributed by atoms with Crippen LogP contribution in [0.1, 0.15) is 36.1 Å². The van der Waals surface area contributed by atoms with Crippen molar-refractivity contribution < 1.29 is 0 Å². The number of anilines is 1. The first kappa shape index (κ1) is 12.9. The molecule has 2 aromatic rings. The molecule has 4 heteroatoms. The smallest absolute Gasteiger partial charge is 0.0767 e. The number of nitrogen functional groups attached to an aromatic ring is 1. The van der Waals surface area contributed by atoms with Crippen LogP contribution in [0.3, 0.4) is 0 Å². The number of nitrogens with two attached hydrogens (primary N) is 1. The number of nitrogens with one attached hydrogen (secondary N) is 1. The van der Waals surface area contributed by atoms with Gasteiger partial charge < -0.3 is 5.43 Å². The van der Waals surface area contributed by atoms with E-state index >= 15 is 0 Å². The van der Waals surface area contributed by atoms with Crippen LogP contribution in [0.4, 0.5) is 5.69 Å². The van der Waals surface area contributed by atoms with Gasteiger partial charge in [-0.1, -0.05) is 28.4 Å². The summed E-state index contributed by atoms with van der Waals surface area (Å²) >= 11 is 3.63. The Labute approximate surface area is 121 Å². The molecule has 100 valence electrons. The summed E-state index contributed by atoms with van der Waals surface area (Å²) in [5.74, 6) is 5.81. The first-order valence-electron chi connectivity index (χ1n) is 6.79. The molecule has 3 nitrogen and oxygen atoms in total. The van der Waals surface area contributed by atoms with Crippen molar-refractivity contribution in [3.05, 3.63) is 33.4 Å². The van der Waals surface area contributed by atoms with Gasteiger partial charge in [0.15, 0.2) is 0 Å². The lowest BCUT2D eigenvalue weighted by Crippen LogP contribution is -2.13. The van der Waals surface area contributed by atoms with Crippen molar-refractivity contribution >= 4 is 32.5 Å². The molecule has 0 fully saturated rings. The van der Waals surface area contributed by atoms with E-state index in [4.69, 9.17) is 10.8 Å². The third-order valence-electron chi connectivity index (χ3n) is 3.96. The topological polar surface area (TPSA) is 50.9 Å². The van der Waals surface area contributed by atoms with Gasteiger partial charge in [-0.25, -0.2) is 0 Å². The van der Waals surface area contributed by atoms with Crippen LogP contribution in [-0.4, -0.2) is 4.98 Å². The van der Waals surface area contributed by atoms with Crippen LogP contribution >= 0.6 is 15.9 Å². The van der Waals surface area contributed by atoms with Gasteiger partial charge in [0, 0.05) is 15.6 Å². The second-order valence-electron chi connectivity index (χ2n) is 5.20. The Morgan fingerprint density at radius 2 is 2.00 bits per heavy atom. The quantitative estimate of drug-likeness (QED) is 0.476. The Morgan fingerprint density at radius 1 is 1.21 bits per heavy atom. The molecule has 1 aliphatic rings. The Hall–Kier alpha value is -1.13. The van der Waals surface area contributed by atoms with E-state index in [-0.39, 0.29) is 0 Å². The molecule has 0 aliphatic heterocycles. The van der Waals surface area contributed by atoms with E-state index in [1.165, 1.54) is 36.1 Å². The highest BCUT2D eigenvalue weighted by Gasteiger charge is 2.18. The Morgan fingerprint density at radius 3 is 2.79 bits per heavy atom. The van der Waals surface area contributed by atoms with Crippen LogP contribution in [0.2, 0.25) is 0 Å². The predicted molar refractivity (Wildman–Crippen MR) is 83.2 cm³/mol. The number of hydrazine groups is 1. The zero-order valence-electron chi connectivity index (χ0n) is 11.1. The molecule has 1 aromatic carbocycles. The van der Waals surface area contributed by atoms with E-state index in [0.29, 0.717) is 0 Å². The maximum absolute atomic E-state index is 5.81. The highest BCUT2D eigenvalue weighted by atomic mass is 79.9. The first-order valence-corrected chi connectivity index (χ1v) is 7.59. The highest BCUT2D eigenvalue weighted by molar-refractivity contribution is 9.10. The fraction of sp³-hybridized carbons (Fsp3) is 0.400. The van der Waals surface area contributed by atoms with Crippen LogP contribution in [0, 0.1) is 6.92 Å². The molecule has 0 radical (unpaired) electrons. The maximum atomic E-state index is 5.81. The number of aryl methyl sites for hydroxylation is 2. The monoisotopic (exact) mass is 319 g/mol.